The number of urea groups is 1. The standard InChI is InChI=1S/C10H19N3O4/c1-12(4-2-3-9(14)15)10(16)11-13-5-7-17-8-6-13/h2-8H2,1H3,(H,11,16)(H,14,15). The molecule has 0 aromatic carbocycles. The molecule has 0 spiro atoms. The summed E-state index contributed by atoms with van der Waals surface area (Å²) in [5.41, 5.74) is 2.75. The molecule has 1 aliphatic heterocycles. The second-order valence-corrected chi connectivity index (χ2v) is 3.94. The van der Waals surface area contributed by atoms with Crippen molar-refractivity contribution in [1.82, 2.24) is 15.3 Å². The van der Waals surface area contributed by atoms with E-state index in [9.17, 15) is 9.59 Å². The van der Waals surface area contributed by atoms with Gasteiger partial charge in [-0.15, -0.1) is 0 Å². The molecule has 1 aliphatic rings. The summed E-state index contributed by atoms with van der Waals surface area (Å²) >= 11 is 0. The molecular formula is C10H19N3O4. The maximum absolute atomic E-state index is 11.7. The summed E-state index contributed by atoms with van der Waals surface area (Å²) in [6.07, 6.45) is 0.539. The Balaban J connectivity index is 2.18. The first-order chi connectivity index (χ1) is 8.09. The number of hydrazine groups is 1. The zero-order chi connectivity index (χ0) is 12.7. The highest BCUT2D eigenvalue weighted by Crippen LogP contribution is 1.96. The van der Waals surface area contributed by atoms with E-state index in [-0.39, 0.29) is 12.5 Å². The summed E-state index contributed by atoms with van der Waals surface area (Å²) < 4.78 is 5.16. The Labute approximate surface area is 100 Å². The minimum Gasteiger partial charge on any atom is -0.481 e. The summed E-state index contributed by atoms with van der Waals surface area (Å²) in [6.45, 7) is 3.01. The Hall–Kier alpha value is -1.34. The summed E-state index contributed by atoms with van der Waals surface area (Å²) in [7, 11) is 1.65. The molecule has 98 valence electrons. The van der Waals surface area contributed by atoms with Gasteiger partial charge in [-0.2, -0.15) is 0 Å². The van der Waals surface area contributed by atoms with Crippen LogP contribution in [0.15, 0.2) is 0 Å². The van der Waals surface area contributed by atoms with Crippen LogP contribution < -0.4 is 5.43 Å². The molecule has 0 bridgehead atoms. The van der Waals surface area contributed by atoms with Crippen molar-refractivity contribution in [3.05, 3.63) is 0 Å². The molecule has 0 atom stereocenters. The fraction of sp³-hybridized carbons (Fsp3) is 0.800. The third kappa shape index (κ3) is 5.50. The number of ether oxygens (including phenoxy) is 1. The maximum Gasteiger partial charge on any atom is 0.331 e. The fourth-order valence-corrected chi connectivity index (χ4v) is 1.46. The van der Waals surface area contributed by atoms with Gasteiger partial charge >= 0.3 is 12.0 Å². The summed E-state index contributed by atoms with van der Waals surface area (Å²) in [5, 5.41) is 10.3. The van der Waals surface area contributed by atoms with Crippen LogP contribution in [0.4, 0.5) is 4.79 Å². The molecule has 0 saturated carbocycles. The lowest BCUT2D eigenvalue weighted by Gasteiger charge is -2.29. The van der Waals surface area contributed by atoms with Crippen molar-refractivity contribution < 1.29 is 19.4 Å². The van der Waals surface area contributed by atoms with Gasteiger partial charge in [-0.05, 0) is 6.42 Å². The summed E-state index contributed by atoms with van der Waals surface area (Å²) in [5.74, 6) is -0.841. The van der Waals surface area contributed by atoms with E-state index in [4.69, 9.17) is 9.84 Å². The van der Waals surface area contributed by atoms with Crippen molar-refractivity contribution in [1.29, 1.82) is 0 Å². The van der Waals surface area contributed by atoms with E-state index in [0.29, 0.717) is 39.3 Å². The predicted molar refractivity (Wildman–Crippen MR) is 60.4 cm³/mol. The quantitative estimate of drug-likeness (QED) is 0.697. The van der Waals surface area contributed by atoms with Crippen LogP contribution in [0.25, 0.3) is 0 Å². The van der Waals surface area contributed by atoms with Gasteiger partial charge in [-0.1, -0.05) is 0 Å². The molecule has 1 heterocycles. The van der Waals surface area contributed by atoms with E-state index in [2.05, 4.69) is 5.43 Å². The number of amides is 2. The van der Waals surface area contributed by atoms with E-state index >= 15 is 0 Å². The molecule has 7 heteroatoms. The van der Waals surface area contributed by atoms with Crippen molar-refractivity contribution >= 4 is 12.0 Å². The molecule has 0 aliphatic carbocycles. The van der Waals surface area contributed by atoms with Crippen LogP contribution in [-0.4, -0.2) is 66.9 Å². The largest absolute Gasteiger partial charge is 0.481 e. The highest BCUT2D eigenvalue weighted by molar-refractivity contribution is 5.73. The lowest BCUT2D eigenvalue weighted by molar-refractivity contribution is -0.137. The van der Waals surface area contributed by atoms with Crippen LogP contribution in [0.3, 0.4) is 0 Å². The highest BCUT2D eigenvalue weighted by Gasteiger charge is 2.15. The number of rotatable bonds is 5. The SMILES string of the molecule is CN(CCCC(=O)O)C(=O)NN1CCOCC1. The smallest absolute Gasteiger partial charge is 0.331 e. The Morgan fingerprint density at radius 2 is 2.06 bits per heavy atom. The van der Waals surface area contributed by atoms with Gasteiger partial charge in [0, 0.05) is 33.1 Å². The van der Waals surface area contributed by atoms with E-state index in [1.807, 2.05) is 0 Å². The maximum atomic E-state index is 11.7. The molecule has 2 N–H and O–H groups in total. The molecule has 1 rings (SSSR count). The van der Waals surface area contributed by atoms with E-state index in [0.717, 1.165) is 0 Å². The van der Waals surface area contributed by atoms with E-state index in [1.165, 1.54) is 4.90 Å². The second kappa shape index (κ2) is 7.08. The number of aliphatic carboxylic acids is 1. The molecule has 1 fully saturated rings. The summed E-state index contributed by atoms with van der Waals surface area (Å²) in [4.78, 5) is 23.5. The minimum atomic E-state index is -0.841. The Bertz CT molecular complexity index is 266. The molecule has 0 aromatic heterocycles. The van der Waals surface area contributed by atoms with Crippen LogP contribution in [0.1, 0.15) is 12.8 Å². The lowest BCUT2D eigenvalue weighted by Crippen LogP contribution is -2.52. The second-order valence-electron chi connectivity index (χ2n) is 3.94. The number of carbonyl (C=O) groups excluding carboxylic acids is 1. The normalized spacial score (nSPS) is 16.5. The molecule has 7 nitrogen and oxygen atoms in total. The van der Waals surface area contributed by atoms with Crippen LogP contribution in [-0.2, 0) is 9.53 Å². The van der Waals surface area contributed by atoms with Crippen LogP contribution in [0.5, 0.6) is 0 Å². The number of carboxylic acid groups (broad SMARTS) is 1. The zero-order valence-electron chi connectivity index (χ0n) is 10.0. The molecular weight excluding hydrogens is 226 g/mol. The van der Waals surface area contributed by atoms with Gasteiger partial charge in [0.1, 0.15) is 0 Å². The third-order valence-electron chi connectivity index (χ3n) is 2.50. The van der Waals surface area contributed by atoms with Gasteiger partial charge in [0.25, 0.3) is 0 Å². The Kier molecular flexibility index (Phi) is 5.71. The number of morpholine rings is 1. The molecule has 1 saturated heterocycles. The molecule has 0 unspecified atom stereocenters. The molecule has 2 amide bonds. The Morgan fingerprint density at radius 3 is 2.65 bits per heavy atom. The molecule has 0 radical (unpaired) electrons. The van der Waals surface area contributed by atoms with E-state index in [1.54, 1.807) is 12.1 Å². The minimum absolute atomic E-state index is 0.0785. The van der Waals surface area contributed by atoms with Crippen molar-refractivity contribution in [3.8, 4) is 0 Å². The highest BCUT2D eigenvalue weighted by atomic mass is 16.5. The fourth-order valence-electron chi connectivity index (χ4n) is 1.46. The van der Waals surface area contributed by atoms with E-state index < -0.39 is 5.97 Å². The topological polar surface area (TPSA) is 82.1 Å². The first kappa shape index (κ1) is 13.7. The van der Waals surface area contributed by atoms with Crippen molar-refractivity contribution in [2.24, 2.45) is 0 Å². The molecule has 0 aromatic rings. The van der Waals surface area contributed by atoms with Crippen molar-refractivity contribution in [2.75, 3.05) is 39.9 Å². The third-order valence-corrected chi connectivity index (χ3v) is 2.50. The number of carbonyl (C=O) groups is 2. The van der Waals surface area contributed by atoms with Crippen molar-refractivity contribution in [3.63, 3.8) is 0 Å². The average molecular weight is 245 g/mol. The monoisotopic (exact) mass is 245 g/mol. The van der Waals surface area contributed by atoms with Gasteiger partial charge in [0.05, 0.1) is 13.2 Å². The number of carboxylic acids is 1. The van der Waals surface area contributed by atoms with Crippen LogP contribution >= 0.6 is 0 Å². The molecule has 17 heavy (non-hydrogen) atoms. The summed E-state index contributed by atoms with van der Waals surface area (Å²) in [6, 6.07) is -0.211. The predicted octanol–water partition coefficient (Wildman–Crippen LogP) is -0.260. The van der Waals surface area contributed by atoms with Gasteiger partial charge in [-0.25, -0.2) is 9.80 Å². The van der Waals surface area contributed by atoms with Gasteiger partial charge in [0.2, 0.25) is 0 Å². The van der Waals surface area contributed by atoms with Gasteiger partial charge in [-0.3, -0.25) is 10.2 Å². The van der Waals surface area contributed by atoms with Gasteiger partial charge in [0.15, 0.2) is 0 Å². The Morgan fingerprint density at radius 1 is 1.41 bits per heavy atom. The van der Waals surface area contributed by atoms with Gasteiger partial charge < -0.3 is 14.7 Å². The number of nitrogens with one attached hydrogen (secondary N) is 1. The number of nitrogens with zero attached hydrogens (tertiary/aromatic N) is 2. The number of hydrogen-bond donors (Lipinski definition) is 2. The number of hydrogen-bond acceptors (Lipinski definition) is 4. The zero-order valence-corrected chi connectivity index (χ0v) is 10.0. The average Bonchev–Trinajstić information content (AvgIpc) is 2.29. The first-order valence-corrected chi connectivity index (χ1v) is 5.66. The lowest BCUT2D eigenvalue weighted by atomic mass is 10.3. The van der Waals surface area contributed by atoms with Crippen LogP contribution in [0.2, 0.25) is 0 Å². The van der Waals surface area contributed by atoms with Crippen LogP contribution in [0, 0.1) is 0 Å². The first-order valence-electron chi connectivity index (χ1n) is 5.66. The van der Waals surface area contributed by atoms with Crippen molar-refractivity contribution in [2.45, 2.75) is 12.8 Å².